The number of likely N-dealkylation sites (tertiary alicyclic amines) is 1. The van der Waals surface area contributed by atoms with Crippen LogP contribution in [-0.4, -0.2) is 106 Å². The number of β-amino-alcohol motifs (C(OH)–C–C–N with tert-alkyl or cyclic N) is 1. The van der Waals surface area contributed by atoms with Gasteiger partial charge in [0.15, 0.2) is 0 Å². The fourth-order valence-corrected chi connectivity index (χ4v) is 3.70. The Morgan fingerprint density at radius 3 is 2.00 bits per heavy atom. The highest BCUT2D eigenvalue weighted by Gasteiger charge is 2.41. The fraction of sp³-hybridized carbons (Fsp3) is 0.682. The lowest BCUT2D eigenvalue weighted by Gasteiger charge is -2.29. The number of aliphatic hydroxyl groups excluding tert-OH is 1. The third-order valence-electron chi connectivity index (χ3n) is 5.41. The van der Waals surface area contributed by atoms with Crippen LogP contribution in [0.2, 0.25) is 0 Å². The maximum Gasteiger partial charge on any atom is 0.326 e. The number of rotatable bonds is 14. The van der Waals surface area contributed by atoms with Crippen LogP contribution in [0.5, 0.6) is 0 Å². The molecule has 208 valence electrons. The van der Waals surface area contributed by atoms with E-state index in [0.717, 1.165) is 4.90 Å². The summed E-state index contributed by atoms with van der Waals surface area (Å²) >= 11 is 0. The second-order valence-corrected chi connectivity index (χ2v) is 9.16. The zero-order valence-electron chi connectivity index (χ0n) is 21.0. The Morgan fingerprint density at radius 1 is 0.919 bits per heavy atom. The van der Waals surface area contributed by atoms with Crippen molar-refractivity contribution in [3.8, 4) is 0 Å². The highest BCUT2D eigenvalue weighted by atomic mass is 16.4. The second-order valence-electron chi connectivity index (χ2n) is 9.16. The van der Waals surface area contributed by atoms with Gasteiger partial charge in [0.05, 0.1) is 19.2 Å². The molecule has 0 aliphatic carbocycles. The first kappa shape index (κ1) is 31.3. The van der Waals surface area contributed by atoms with Crippen LogP contribution in [0.1, 0.15) is 46.5 Å². The van der Waals surface area contributed by atoms with Crippen LogP contribution in [0.3, 0.4) is 0 Å². The molecular formula is C22H35N5O10. The van der Waals surface area contributed by atoms with Gasteiger partial charge in [0, 0.05) is 26.3 Å². The van der Waals surface area contributed by atoms with Crippen LogP contribution in [0.4, 0.5) is 0 Å². The highest BCUT2D eigenvalue weighted by molar-refractivity contribution is 5.95. The summed E-state index contributed by atoms with van der Waals surface area (Å²) in [4.78, 5) is 84.4. The van der Waals surface area contributed by atoms with Crippen molar-refractivity contribution in [2.75, 3.05) is 19.6 Å². The Morgan fingerprint density at radius 2 is 1.49 bits per heavy atom. The molecule has 0 unspecified atom stereocenters. The van der Waals surface area contributed by atoms with Crippen LogP contribution in [0, 0.1) is 5.92 Å². The second kappa shape index (κ2) is 14.7. The summed E-state index contributed by atoms with van der Waals surface area (Å²) in [6.07, 6.45) is -1.77. The lowest BCUT2D eigenvalue weighted by molar-refractivity contribution is -0.143. The van der Waals surface area contributed by atoms with Crippen LogP contribution in [0.15, 0.2) is 0 Å². The first-order chi connectivity index (χ1) is 17.2. The van der Waals surface area contributed by atoms with Gasteiger partial charge in [-0.15, -0.1) is 0 Å². The molecule has 4 atom stereocenters. The Hall–Kier alpha value is -3.75. The Balaban J connectivity index is 2.83. The minimum Gasteiger partial charge on any atom is -0.481 e. The zero-order valence-corrected chi connectivity index (χ0v) is 21.0. The van der Waals surface area contributed by atoms with Gasteiger partial charge >= 0.3 is 11.9 Å². The van der Waals surface area contributed by atoms with Gasteiger partial charge in [0.25, 0.3) is 0 Å². The lowest BCUT2D eigenvalue weighted by Crippen LogP contribution is -2.55. The summed E-state index contributed by atoms with van der Waals surface area (Å²) in [6, 6.07) is -3.65. The number of hydrogen-bond donors (Lipinski definition) is 7. The quantitative estimate of drug-likeness (QED) is 0.122. The Bertz CT molecular complexity index is 893. The molecule has 1 aliphatic heterocycles. The molecule has 0 bridgehead atoms. The van der Waals surface area contributed by atoms with Gasteiger partial charge in [-0.1, -0.05) is 13.8 Å². The molecule has 0 radical (unpaired) electrons. The van der Waals surface area contributed by atoms with Gasteiger partial charge in [0.2, 0.25) is 29.5 Å². The molecule has 0 saturated carbocycles. The predicted octanol–water partition coefficient (Wildman–Crippen LogP) is -2.83. The van der Waals surface area contributed by atoms with Crippen LogP contribution in [-0.2, 0) is 33.6 Å². The van der Waals surface area contributed by atoms with Gasteiger partial charge in [-0.05, 0) is 18.8 Å². The first-order valence-corrected chi connectivity index (χ1v) is 11.7. The Labute approximate surface area is 213 Å². The van der Waals surface area contributed by atoms with Crippen molar-refractivity contribution in [3.63, 3.8) is 0 Å². The number of aliphatic hydroxyl groups is 1. The van der Waals surface area contributed by atoms with E-state index in [0.29, 0.717) is 0 Å². The zero-order chi connectivity index (χ0) is 28.3. The molecule has 37 heavy (non-hydrogen) atoms. The van der Waals surface area contributed by atoms with Crippen molar-refractivity contribution >= 4 is 41.5 Å². The predicted molar refractivity (Wildman–Crippen MR) is 126 cm³/mol. The first-order valence-electron chi connectivity index (χ1n) is 11.7. The molecule has 0 aromatic rings. The van der Waals surface area contributed by atoms with E-state index >= 15 is 0 Å². The summed E-state index contributed by atoms with van der Waals surface area (Å²) in [7, 11) is 0. The molecule has 0 aromatic carbocycles. The average molecular weight is 530 g/mol. The smallest absolute Gasteiger partial charge is 0.326 e. The highest BCUT2D eigenvalue weighted by Crippen LogP contribution is 2.21. The number of carboxylic acids is 2. The van der Waals surface area contributed by atoms with E-state index < -0.39 is 78.7 Å². The van der Waals surface area contributed by atoms with Crippen molar-refractivity contribution in [2.24, 2.45) is 5.92 Å². The summed E-state index contributed by atoms with van der Waals surface area (Å²) in [6.45, 7) is 3.70. The van der Waals surface area contributed by atoms with E-state index in [1.807, 2.05) is 13.8 Å². The standard InChI is InChI=1S/C22H35N5O10/c1-11(2)6-15(26-17(30)8-23-12(3)28)21(35)27-10-13(29)7-16(27)20(34)24-9-18(31)25-14(22(36)37)4-5-19(32)33/h11,13-16,29H,4-10H2,1-3H3,(H,23,28)(H,24,34)(H,25,31)(H,26,30)(H,32,33)(H,36,37)/t13-,14+,15+,16+/m1/s1. The minimum absolute atomic E-state index is 0.0261. The third kappa shape index (κ3) is 11.2. The molecule has 1 heterocycles. The number of amides is 5. The topological polar surface area (TPSA) is 232 Å². The number of carbonyl (C=O) groups excluding carboxylic acids is 5. The van der Waals surface area contributed by atoms with E-state index in [-0.39, 0.29) is 38.3 Å². The molecule has 5 amide bonds. The molecule has 0 spiro atoms. The molecule has 1 rings (SSSR count). The number of nitrogens with one attached hydrogen (secondary N) is 4. The molecule has 0 aromatic heterocycles. The van der Waals surface area contributed by atoms with Crippen molar-refractivity contribution in [2.45, 2.75) is 70.7 Å². The van der Waals surface area contributed by atoms with Crippen LogP contribution < -0.4 is 21.3 Å². The summed E-state index contributed by atoms with van der Waals surface area (Å²) < 4.78 is 0. The average Bonchev–Trinajstić information content (AvgIpc) is 3.18. The fourth-order valence-electron chi connectivity index (χ4n) is 3.70. The maximum absolute atomic E-state index is 13.2. The van der Waals surface area contributed by atoms with Crippen molar-refractivity contribution < 1.29 is 48.9 Å². The van der Waals surface area contributed by atoms with Crippen LogP contribution >= 0.6 is 0 Å². The van der Waals surface area contributed by atoms with Crippen molar-refractivity contribution in [1.82, 2.24) is 26.2 Å². The SMILES string of the molecule is CC(=O)NCC(=O)N[C@@H](CC(C)C)C(=O)N1C[C@H](O)C[C@H]1C(=O)NCC(=O)N[C@@H](CCC(=O)O)C(=O)O. The number of hydrogen-bond acceptors (Lipinski definition) is 8. The van der Waals surface area contributed by atoms with Gasteiger partial charge < -0.3 is 41.5 Å². The molecule has 7 N–H and O–H groups in total. The van der Waals surface area contributed by atoms with E-state index in [2.05, 4.69) is 21.3 Å². The molecule has 15 heteroatoms. The molecular weight excluding hydrogens is 494 g/mol. The van der Waals surface area contributed by atoms with E-state index in [9.17, 15) is 38.7 Å². The van der Waals surface area contributed by atoms with Gasteiger partial charge in [-0.25, -0.2) is 4.79 Å². The lowest BCUT2D eigenvalue weighted by atomic mass is 10.0. The summed E-state index contributed by atoms with van der Waals surface area (Å²) in [5.74, 6) is -6.01. The largest absolute Gasteiger partial charge is 0.481 e. The molecule has 15 nitrogen and oxygen atoms in total. The molecule has 1 fully saturated rings. The normalized spacial score (nSPS) is 18.5. The van der Waals surface area contributed by atoms with Crippen LogP contribution in [0.25, 0.3) is 0 Å². The van der Waals surface area contributed by atoms with Crippen molar-refractivity contribution in [1.29, 1.82) is 0 Å². The molecule has 1 saturated heterocycles. The summed E-state index contributed by atoms with van der Waals surface area (Å²) in [5, 5.41) is 37.2. The maximum atomic E-state index is 13.2. The Kier molecular flexibility index (Phi) is 12.4. The van der Waals surface area contributed by atoms with Gasteiger partial charge in [0.1, 0.15) is 18.1 Å². The number of carbonyl (C=O) groups is 7. The van der Waals surface area contributed by atoms with Crippen molar-refractivity contribution in [3.05, 3.63) is 0 Å². The van der Waals surface area contributed by atoms with Gasteiger partial charge in [-0.3, -0.25) is 28.8 Å². The van der Waals surface area contributed by atoms with E-state index in [1.54, 1.807) is 0 Å². The third-order valence-corrected chi connectivity index (χ3v) is 5.41. The minimum atomic E-state index is -1.47. The number of carboxylic acid groups (broad SMARTS) is 2. The number of nitrogens with zero attached hydrogens (tertiary/aromatic N) is 1. The molecule has 1 aliphatic rings. The number of aliphatic carboxylic acids is 2. The summed E-state index contributed by atoms with van der Waals surface area (Å²) in [5.41, 5.74) is 0. The van der Waals surface area contributed by atoms with Gasteiger partial charge in [-0.2, -0.15) is 0 Å². The van der Waals surface area contributed by atoms with E-state index in [1.165, 1.54) is 6.92 Å². The van der Waals surface area contributed by atoms with E-state index in [4.69, 9.17) is 10.2 Å². The monoisotopic (exact) mass is 529 g/mol.